The highest BCUT2D eigenvalue weighted by Gasteiger charge is 2.33. The van der Waals surface area contributed by atoms with Gasteiger partial charge in [0.25, 0.3) is 5.91 Å². The highest BCUT2D eigenvalue weighted by atomic mass is 32.1. The molecule has 8 heteroatoms. The predicted octanol–water partition coefficient (Wildman–Crippen LogP) is 1.41. The molecule has 1 aliphatic rings. The van der Waals surface area contributed by atoms with E-state index >= 15 is 0 Å². The first-order valence-corrected chi connectivity index (χ1v) is 8.00. The van der Waals surface area contributed by atoms with Crippen LogP contribution in [-0.4, -0.2) is 40.8 Å². The Morgan fingerprint density at radius 2 is 2.13 bits per heavy atom. The summed E-state index contributed by atoms with van der Waals surface area (Å²) in [4.78, 5) is 41.1. The fraction of sp³-hybridized carbons (Fsp3) is 0.333. The van der Waals surface area contributed by atoms with Crippen molar-refractivity contribution in [1.29, 1.82) is 0 Å². The topological polar surface area (TPSA) is 91.4 Å². The maximum absolute atomic E-state index is 12.4. The molecule has 1 aromatic heterocycles. The number of para-hydroxylation sites is 1. The molecule has 0 bridgehead atoms. The van der Waals surface area contributed by atoms with Crippen LogP contribution in [0.15, 0.2) is 24.3 Å². The molecule has 1 fully saturated rings. The number of aromatic nitrogens is 1. The highest BCUT2D eigenvalue weighted by molar-refractivity contribution is 7.18. The van der Waals surface area contributed by atoms with Crippen molar-refractivity contribution in [2.75, 3.05) is 7.05 Å². The molecular formula is C15H16N4O3S. The van der Waals surface area contributed by atoms with Crippen LogP contribution in [0.2, 0.25) is 0 Å². The summed E-state index contributed by atoms with van der Waals surface area (Å²) < 4.78 is 1.07. The van der Waals surface area contributed by atoms with Crippen LogP contribution in [0.25, 0.3) is 10.2 Å². The summed E-state index contributed by atoms with van der Waals surface area (Å²) in [7, 11) is 1.67. The van der Waals surface area contributed by atoms with Crippen molar-refractivity contribution < 1.29 is 14.4 Å². The summed E-state index contributed by atoms with van der Waals surface area (Å²) in [5, 5.41) is 5.38. The first kappa shape index (κ1) is 15.4. The number of imide groups is 1. The number of amides is 4. The van der Waals surface area contributed by atoms with Crippen LogP contribution in [0.4, 0.5) is 4.79 Å². The van der Waals surface area contributed by atoms with Gasteiger partial charge in [0, 0.05) is 7.05 Å². The van der Waals surface area contributed by atoms with Crippen LogP contribution in [0.5, 0.6) is 0 Å². The largest absolute Gasteiger partial charge is 0.336 e. The Morgan fingerprint density at radius 1 is 1.39 bits per heavy atom. The van der Waals surface area contributed by atoms with Crippen LogP contribution in [0, 0.1) is 0 Å². The van der Waals surface area contributed by atoms with E-state index in [0.29, 0.717) is 0 Å². The van der Waals surface area contributed by atoms with Gasteiger partial charge in [-0.05, 0) is 19.1 Å². The van der Waals surface area contributed by atoms with E-state index in [-0.39, 0.29) is 18.4 Å². The second kappa shape index (κ2) is 5.96. The quantitative estimate of drug-likeness (QED) is 0.828. The molecule has 2 N–H and O–H groups in total. The molecule has 2 heterocycles. The summed E-state index contributed by atoms with van der Waals surface area (Å²) in [6.07, 6.45) is -0.0662. The third-order valence-corrected chi connectivity index (χ3v) is 5.09. The second-order valence-electron chi connectivity index (χ2n) is 5.42. The fourth-order valence-corrected chi connectivity index (χ4v) is 3.43. The molecule has 2 aromatic rings. The fourth-order valence-electron chi connectivity index (χ4n) is 2.37. The molecule has 0 saturated carbocycles. The summed E-state index contributed by atoms with van der Waals surface area (Å²) >= 11 is 1.54. The zero-order valence-corrected chi connectivity index (χ0v) is 13.5. The Morgan fingerprint density at radius 3 is 2.78 bits per heavy atom. The van der Waals surface area contributed by atoms with E-state index in [1.165, 1.54) is 0 Å². The number of nitrogens with zero attached hydrogens (tertiary/aromatic N) is 2. The summed E-state index contributed by atoms with van der Waals surface area (Å²) in [6.45, 7) is 1.89. The smallest absolute Gasteiger partial charge is 0.322 e. The molecule has 0 unspecified atom stereocenters. The summed E-state index contributed by atoms with van der Waals surface area (Å²) in [5.74, 6) is -0.691. The summed E-state index contributed by atoms with van der Waals surface area (Å²) in [5.41, 5.74) is 0.905. The first-order valence-electron chi connectivity index (χ1n) is 7.18. The number of thiazole rings is 1. The van der Waals surface area contributed by atoms with E-state index in [2.05, 4.69) is 15.6 Å². The lowest BCUT2D eigenvalue weighted by atomic mass is 10.1. The molecule has 23 heavy (non-hydrogen) atoms. The zero-order chi connectivity index (χ0) is 16.6. The molecule has 0 radical (unpaired) electrons. The van der Waals surface area contributed by atoms with Gasteiger partial charge in [0.15, 0.2) is 0 Å². The van der Waals surface area contributed by atoms with E-state index in [9.17, 15) is 14.4 Å². The maximum atomic E-state index is 12.4. The number of hydrogen-bond donors (Lipinski definition) is 2. The normalized spacial score (nSPS) is 18.6. The van der Waals surface area contributed by atoms with Crippen LogP contribution >= 0.6 is 11.3 Å². The number of fused-ring (bicyclic) bond motifs is 1. The van der Waals surface area contributed by atoms with Gasteiger partial charge >= 0.3 is 6.03 Å². The lowest BCUT2D eigenvalue weighted by molar-refractivity contribution is -0.134. The second-order valence-corrected chi connectivity index (χ2v) is 6.48. The SMILES string of the molecule is C[C@H](c1nc2ccccc2s1)N(C)C(=O)C[C@H]1NC(=O)NC1=O. The molecular weight excluding hydrogens is 316 g/mol. The van der Waals surface area contributed by atoms with Gasteiger partial charge in [0.05, 0.1) is 22.7 Å². The molecule has 0 aliphatic carbocycles. The van der Waals surface area contributed by atoms with Crippen LogP contribution in [-0.2, 0) is 9.59 Å². The number of urea groups is 1. The van der Waals surface area contributed by atoms with Crippen molar-refractivity contribution in [3.8, 4) is 0 Å². The Labute approximate surface area is 136 Å². The molecule has 7 nitrogen and oxygen atoms in total. The van der Waals surface area contributed by atoms with E-state index < -0.39 is 18.0 Å². The minimum absolute atomic E-state index is 0.0662. The lowest BCUT2D eigenvalue weighted by Crippen LogP contribution is -2.38. The minimum Gasteiger partial charge on any atom is -0.336 e. The number of hydrogen-bond acceptors (Lipinski definition) is 5. The molecule has 1 aromatic carbocycles. The molecule has 0 spiro atoms. The van der Waals surface area contributed by atoms with Gasteiger partial charge in [-0.15, -0.1) is 11.3 Å². The number of carbonyl (C=O) groups is 3. The number of nitrogens with one attached hydrogen (secondary N) is 2. The van der Waals surface area contributed by atoms with Crippen molar-refractivity contribution in [2.24, 2.45) is 0 Å². The minimum atomic E-state index is -0.806. The number of benzene rings is 1. The van der Waals surface area contributed by atoms with Gasteiger partial charge in [0.1, 0.15) is 11.0 Å². The number of rotatable bonds is 4. The van der Waals surface area contributed by atoms with Crippen LogP contribution in [0.3, 0.4) is 0 Å². The lowest BCUT2D eigenvalue weighted by Gasteiger charge is -2.24. The maximum Gasteiger partial charge on any atom is 0.322 e. The third kappa shape index (κ3) is 3.02. The summed E-state index contributed by atoms with van der Waals surface area (Å²) in [6, 6.07) is 6.22. The average molecular weight is 332 g/mol. The first-order chi connectivity index (χ1) is 11.0. The molecule has 1 aliphatic heterocycles. The van der Waals surface area contributed by atoms with Gasteiger partial charge in [-0.2, -0.15) is 0 Å². The predicted molar refractivity (Wildman–Crippen MR) is 85.9 cm³/mol. The van der Waals surface area contributed by atoms with E-state index in [1.807, 2.05) is 31.2 Å². The van der Waals surface area contributed by atoms with Gasteiger partial charge in [-0.1, -0.05) is 12.1 Å². The van der Waals surface area contributed by atoms with Crippen molar-refractivity contribution in [3.63, 3.8) is 0 Å². The van der Waals surface area contributed by atoms with Gasteiger partial charge in [-0.3, -0.25) is 14.9 Å². The van der Waals surface area contributed by atoms with E-state index in [0.717, 1.165) is 15.2 Å². The van der Waals surface area contributed by atoms with Gasteiger partial charge < -0.3 is 10.2 Å². The molecule has 4 amide bonds. The van der Waals surface area contributed by atoms with Gasteiger partial charge in [0.2, 0.25) is 5.91 Å². The molecule has 120 valence electrons. The molecule has 3 rings (SSSR count). The van der Waals surface area contributed by atoms with Crippen molar-refractivity contribution >= 4 is 39.4 Å². The zero-order valence-electron chi connectivity index (χ0n) is 12.7. The monoisotopic (exact) mass is 332 g/mol. The van der Waals surface area contributed by atoms with Gasteiger partial charge in [-0.25, -0.2) is 9.78 Å². The van der Waals surface area contributed by atoms with Crippen molar-refractivity contribution in [3.05, 3.63) is 29.3 Å². The number of carbonyl (C=O) groups excluding carboxylic acids is 3. The van der Waals surface area contributed by atoms with Crippen molar-refractivity contribution in [2.45, 2.75) is 25.4 Å². The van der Waals surface area contributed by atoms with Crippen molar-refractivity contribution in [1.82, 2.24) is 20.5 Å². The highest BCUT2D eigenvalue weighted by Crippen LogP contribution is 2.29. The van der Waals surface area contributed by atoms with Crippen LogP contribution < -0.4 is 10.6 Å². The Bertz CT molecular complexity index is 755. The Hall–Kier alpha value is -2.48. The van der Waals surface area contributed by atoms with Crippen LogP contribution in [0.1, 0.15) is 24.4 Å². The molecule has 1 saturated heterocycles. The van der Waals surface area contributed by atoms with E-state index in [4.69, 9.17) is 0 Å². The Balaban J connectivity index is 1.71. The standard InChI is InChI=1S/C15H16N4O3S/c1-8(14-16-9-5-3-4-6-11(9)23-14)19(2)12(20)7-10-13(21)18-15(22)17-10/h3-6,8,10H,7H2,1-2H3,(H2,17,18,21,22)/t8-,10-/m1/s1. The average Bonchev–Trinajstić information content (AvgIpc) is 3.08. The van der Waals surface area contributed by atoms with E-state index in [1.54, 1.807) is 23.3 Å². The third-order valence-electron chi connectivity index (χ3n) is 3.88. The molecule has 2 atom stereocenters. The Kier molecular flexibility index (Phi) is 3.99.